The van der Waals surface area contributed by atoms with Crippen molar-refractivity contribution in [3.63, 3.8) is 0 Å². The fraction of sp³-hybridized carbons (Fsp3) is 0.389. The average molecular weight is 1050 g/mol. The van der Waals surface area contributed by atoms with Crippen LogP contribution in [0.3, 0.4) is 0 Å². The minimum atomic E-state index is -3.80. The molecule has 2 aromatic heterocycles. The van der Waals surface area contributed by atoms with Gasteiger partial charge in [-0.3, -0.25) is 28.3 Å². The third-order valence-electron chi connectivity index (χ3n) is 14.1. The third kappa shape index (κ3) is 12.0. The molecule has 8 rings (SSSR count). The molecule has 1 unspecified atom stereocenters. The maximum Gasteiger partial charge on any atom is 0.351 e. The minimum Gasteiger partial charge on any atom is -0.497 e. The first-order valence-electron chi connectivity index (χ1n) is 24.4. The number of methoxy groups -OCH3 is 2. The first-order chi connectivity index (χ1) is 35.2. The number of hydrogen-bond donors (Lipinski definition) is 3. The summed E-state index contributed by atoms with van der Waals surface area (Å²) in [4.78, 5) is 58.8. The number of benzene rings is 4. The monoisotopic (exact) mass is 1050 g/mol. The molecule has 0 radical (unpaired) electrons. The van der Waals surface area contributed by atoms with E-state index in [9.17, 15) is 23.7 Å². The van der Waals surface area contributed by atoms with E-state index in [0.29, 0.717) is 22.6 Å². The second kappa shape index (κ2) is 22.3. The number of nitrogens with one attached hydrogen (secondary N) is 3. The number of H-pyrrole nitrogens is 1. The molecule has 74 heavy (non-hydrogen) atoms. The molecule has 4 aromatic carbocycles. The van der Waals surface area contributed by atoms with Crippen molar-refractivity contribution in [2.24, 2.45) is 0 Å². The summed E-state index contributed by atoms with van der Waals surface area (Å²) < 4.78 is 62.4. The van der Waals surface area contributed by atoms with E-state index in [0.717, 1.165) is 16.7 Å². The molecule has 7 atom stereocenters. The Morgan fingerprint density at radius 3 is 1.93 bits per heavy atom. The van der Waals surface area contributed by atoms with Gasteiger partial charge in [-0.25, -0.2) is 14.7 Å². The van der Waals surface area contributed by atoms with Crippen LogP contribution >= 0.6 is 7.52 Å². The fourth-order valence-corrected chi connectivity index (χ4v) is 11.7. The topological polar surface area (TPSA) is 213 Å². The van der Waals surface area contributed by atoms with Crippen molar-refractivity contribution in [1.29, 1.82) is 0 Å². The van der Waals surface area contributed by atoms with Gasteiger partial charge < -0.3 is 38.0 Å². The van der Waals surface area contributed by atoms with Gasteiger partial charge in [-0.05, 0) is 84.2 Å². The molecule has 0 saturated carbocycles. The Morgan fingerprint density at radius 1 is 0.784 bits per heavy atom. The number of anilines is 1. The van der Waals surface area contributed by atoms with Crippen LogP contribution in [0.4, 0.5) is 5.82 Å². The maximum atomic E-state index is 14.9. The highest BCUT2D eigenvalue weighted by molar-refractivity contribution is 7.56. The number of aromatic nitrogens is 4. The second-order valence-corrected chi connectivity index (χ2v) is 27.1. The number of carbonyl (C=O) groups excluding carboxylic acids is 1. The summed E-state index contributed by atoms with van der Waals surface area (Å²) in [7, 11) is -3.03. The Hall–Kier alpha value is -6.28. The lowest BCUT2D eigenvalue weighted by Crippen LogP contribution is -2.46. The lowest BCUT2D eigenvalue weighted by molar-refractivity contribution is -0.0806. The van der Waals surface area contributed by atoms with Gasteiger partial charge in [0.05, 0.1) is 39.6 Å². The fourth-order valence-electron chi connectivity index (χ4n) is 9.01. The Labute approximate surface area is 431 Å². The Balaban J connectivity index is 1.11. The van der Waals surface area contributed by atoms with Gasteiger partial charge in [0.1, 0.15) is 41.5 Å². The van der Waals surface area contributed by atoms with Crippen LogP contribution in [-0.4, -0.2) is 91.8 Å². The molecule has 2 aliphatic rings. The molecular formula is C54H65N6O12PSi. The number of carbonyl (C=O) groups is 1. The summed E-state index contributed by atoms with van der Waals surface area (Å²) in [6.07, 6.45) is -0.569. The predicted molar refractivity (Wildman–Crippen MR) is 283 cm³/mol. The van der Waals surface area contributed by atoms with E-state index >= 15 is 0 Å². The first-order valence-corrected chi connectivity index (χ1v) is 29.4. The Morgan fingerprint density at radius 2 is 1.35 bits per heavy atom. The number of hydrogen-bond acceptors (Lipinski definition) is 13. The quantitative estimate of drug-likeness (QED) is 0.0397. The van der Waals surface area contributed by atoms with E-state index < -0.39 is 81.1 Å². The lowest BCUT2D eigenvalue weighted by atomic mass is 9.80. The van der Waals surface area contributed by atoms with Gasteiger partial charge in [-0.15, -0.1) is 0 Å². The summed E-state index contributed by atoms with van der Waals surface area (Å²) in [6, 6.07) is 34.3. The van der Waals surface area contributed by atoms with Crippen molar-refractivity contribution >= 4 is 27.6 Å². The molecular weight excluding hydrogens is 984 g/mol. The van der Waals surface area contributed by atoms with Crippen molar-refractivity contribution in [3.8, 4) is 11.5 Å². The molecule has 2 aliphatic heterocycles. The number of rotatable bonds is 19. The number of ether oxygens (including phenoxy) is 5. The van der Waals surface area contributed by atoms with Crippen molar-refractivity contribution in [2.75, 3.05) is 39.4 Å². The van der Waals surface area contributed by atoms with E-state index in [1.54, 1.807) is 51.5 Å². The minimum absolute atomic E-state index is 0.0542. The van der Waals surface area contributed by atoms with E-state index in [1.807, 2.05) is 78.9 Å². The van der Waals surface area contributed by atoms with Crippen LogP contribution in [0.1, 0.15) is 78.7 Å². The van der Waals surface area contributed by atoms with Gasteiger partial charge in [0, 0.05) is 49.1 Å². The van der Waals surface area contributed by atoms with E-state index in [2.05, 4.69) is 54.2 Å². The van der Waals surface area contributed by atoms with Crippen molar-refractivity contribution in [2.45, 2.75) is 101 Å². The zero-order chi connectivity index (χ0) is 53.0. The van der Waals surface area contributed by atoms with Gasteiger partial charge in [-0.1, -0.05) is 93.6 Å². The normalized spacial score (nSPS) is 21.0. The first kappa shape index (κ1) is 54.0. The number of aromatic amines is 1. The van der Waals surface area contributed by atoms with Gasteiger partial charge in [0.15, 0.2) is 8.32 Å². The molecule has 0 aliphatic carbocycles. The van der Waals surface area contributed by atoms with E-state index in [1.165, 1.54) is 34.3 Å². The highest BCUT2D eigenvalue weighted by Crippen LogP contribution is 2.47. The molecule has 2 saturated heterocycles. The number of amides is 1. The highest BCUT2D eigenvalue weighted by atomic mass is 31.2. The number of nitrogens with zero attached hydrogens (tertiary/aromatic N) is 3. The maximum absolute atomic E-state index is 14.9. The van der Waals surface area contributed by atoms with Crippen LogP contribution in [0, 0.1) is 6.92 Å². The summed E-state index contributed by atoms with van der Waals surface area (Å²) in [5.74, 6) is 0.923. The molecule has 3 N–H and O–H groups in total. The SMILES string of the molecule is COc1ccc(C(OC[C@H]2O[C@@H](n3ccc(NC(=O)c4ccccc4)nc3=O)C[C@@H]2NP(C)(=O)OC[C@H]2O[C@@H](n3cc(C)c(=O)[nH]c3=O)C[C@@H]2O[Si](C)(C)C(C)(C)C)(c2ccccc2)c2ccc(OC)cc2)cc1. The summed E-state index contributed by atoms with van der Waals surface area (Å²) in [5.41, 5.74) is 0.0274. The lowest BCUT2D eigenvalue weighted by Gasteiger charge is -2.39. The van der Waals surface area contributed by atoms with Crippen LogP contribution in [0.25, 0.3) is 0 Å². The van der Waals surface area contributed by atoms with Crippen LogP contribution in [-0.2, 0) is 33.3 Å². The zero-order valence-electron chi connectivity index (χ0n) is 43.1. The van der Waals surface area contributed by atoms with Crippen LogP contribution < -0.4 is 36.8 Å². The van der Waals surface area contributed by atoms with E-state index in [-0.39, 0.29) is 36.9 Å². The standard InChI is InChI=1S/C54H65N6O12PSi/c1-35-32-60(52(64)57-49(35)61)48-31-43(72-74(8,9)53(2,3)4)45(71-48)34-69-73(7,65)58-42-30-47(59-29-28-46(56-51(59)63)55-50(62)36-16-12-10-13-17-36)70-44(42)33-68-54(37-18-14-11-15-19-37,38-20-24-40(66-5)25-21-38)39-22-26-41(67-6)27-23-39/h10-29,32,42-45,47-48H,30-31,33-34H2,1-9H3,(H,58,65)(H,57,61,64)(H,55,56,62,63)/t42-,43-,44+,45+,47+,48+,73?/m0/s1. The summed E-state index contributed by atoms with van der Waals surface area (Å²) in [5, 5.41) is 5.78. The molecule has 2 fully saturated rings. The summed E-state index contributed by atoms with van der Waals surface area (Å²) in [6.45, 7) is 13.4. The van der Waals surface area contributed by atoms with E-state index in [4.69, 9.17) is 32.6 Å². The Bertz CT molecular complexity index is 3080. The van der Waals surface area contributed by atoms with Crippen LogP contribution in [0.5, 0.6) is 11.5 Å². The van der Waals surface area contributed by atoms with Crippen molar-refractivity contribution in [1.82, 2.24) is 24.2 Å². The molecule has 1 amide bonds. The average Bonchev–Trinajstić information content (AvgIpc) is 3.97. The smallest absolute Gasteiger partial charge is 0.351 e. The number of aryl methyl sites for hydroxylation is 1. The largest absolute Gasteiger partial charge is 0.497 e. The zero-order valence-corrected chi connectivity index (χ0v) is 45.0. The van der Waals surface area contributed by atoms with Gasteiger partial charge in [0.25, 0.3) is 19.0 Å². The van der Waals surface area contributed by atoms with Crippen molar-refractivity contribution in [3.05, 3.63) is 187 Å². The predicted octanol–water partition coefficient (Wildman–Crippen LogP) is 8.14. The van der Waals surface area contributed by atoms with Gasteiger partial charge >= 0.3 is 11.4 Å². The molecule has 18 nitrogen and oxygen atoms in total. The molecule has 0 bridgehead atoms. The third-order valence-corrected chi connectivity index (χ3v) is 20.0. The van der Waals surface area contributed by atoms with Gasteiger partial charge in [-0.2, -0.15) is 4.98 Å². The molecule has 20 heteroatoms. The second-order valence-electron chi connectivity index (χ2n) is 20.1. The molecule has 392 valence electrons. The highest BCUT2D eigenvalue weighted by Gasteiger charge is 2.47. The molecule has 6 aromatic rings. The van der Waals surface area contributed by atoms with Crippen LogP contribution in [0.15, 0.2) is 142 Å². The van der Waals surface area contributed by atoms with Gasteiger partial charge in [0.2, 0.25) is 0 Å². The summed E-state index contributed by atoms with van der Waals surface area (Å²) >= 11 is 0. The van der Waals surface area contributed by atoms with Crippen LogP contribution in [0.2, 0.25) is 18.1 Å². The molecule has 0 spiro atoms. The van der Waals surface area contributed by atoms with Crippen molar-refractivity contribution < 1.29 is 42.0 Å². The Kier molecular flexibility index (Phi) is 16.3. The molecule has 4 heterocycles.